The summed E-state index contributed by atoms with van der Waals surface area (Å²) < 4.78 is 27.3. The highest BCUT2D eigenvalue weighted by molar-refractivity contribution is 7.48. The van der Waals surface area contributed by atoms with Crippen LogP contribution in [0.4, 0.5) is 5.69 Å². The molecule has 126 valence electrons. The third kappa shape index (κ3) is 4.52. The van der Waals surface area contributed by atoms with E-state index >= 15 is 0 Å². The highest BCUT2D eigenvalue weighted by Gasteiger charge is 2.26. The molecule has 0 amide bonds. The van der Waals surface area contributed by atoms with E-state index in [2.05, 4.69) is 0 Å². The summed E-state index contributed by atoms with van der Waals surface area (Å²) in [6.07, 6.45) is 1.60. The molecule has 0 fully saturated rings. The van der Waals surface area contributed by atoms with Crippen LogP contribution in [0.5, 0.6) is 0 Å². The van der Waals surface area contributed by atoms with Gasteiger partial charge in [-0.25, -0.2) is 4.57 Å². The molecule has 2 aromatic carbocycles. The first-order valence-corrected chi connectivity index (χ1v) is 8.36. The molecule has 0 aliphatic heterocycles. The van der Waals surface area contributed by atoms with Crippen LogP contribution in [0, 0.1) is 10.1 Å². The second-order valence-electron chi connectivity index (χ2n) is 4.63. The molecule has 7 nitrogen and oxygen atoms in total. The van der Waals surface area contributed by atoms with Gasteiger partial charge < -0.3 is 4.52 Å². The minimum absolute atomic E-state index is 0.0196. The number of nitro benzene ring substituents is 1. The van der Waals surface area contributed by atoms with Crippen molar-refractivity contribution in [3.05, 3.63) is 75.8 Å². The summed E-state index contributed by atoms with van der Waals surface area (Å²) >= 11 is 0. The monoisotopic (exact) mass is 349 g/mol. The van der Waals surface area contributed by atoms with E-state index in [-0.39, 0.29) is 11.4 Å². The lowest BCUT2D eigenvalue weighted by Gasteiger charge is -2.17. The Kier molecular flexibility index (Phi) is 5.87. The van der Waals surface area contributed by atoms with Crippen molar-refractivity contribution in [3.63, 3.8) is 0 Å². The Balaban J connectivity index is 2.41. The first-order chi connectivity index (χ1) is 11.5. The molecule has 24 heavy (non-hydrogen) atoms. The number of benzene rings is 2. The molecule has 0 radical (unpaired) electrons. The highest BCUT2D eigenvalue weighted by atomic mass is 31.2. The fourth-order valence-corrected chi connectivity index (χ4v) is 2.58. The molecule has 0 bridgehead atoms. The molecule has 0 unspecified atom stereocenters. The molecular weight excluding hydrogens is 333 g/mol. The predicted octanol–water partition coefficient (Wildman–Crippen LogP) is 4.51. The Bertz CT molecular complexity index is 765. The van der Waals surface area contributed by atoms with Crippen molar-refractivity contribution in [1.29, 1.82) is 0 Å². The normalized spacial score (nSPS) is 12.0. The Morgan fingerprint density at radius 1 is 1.04 bits per heavy atom. The molecule has 0 aromatic heterocycles. The van der Waals surface area contributed by atoms with Crippen LogP contribution in [-0.2, 0) is 18.1 Å². The summed E-state index contributed by atoms with van der Waals surface area (Å²) in [5.41, 5.74) is 1.28. The number of hydrogen-bond acceptors (Lipinski definition) is 6. The second kappa shape index (κ2) is 7.88. The SMILES string of the molecule is COP(=O)(OC)OC(=Cc1ccc([N+](=O)[O-])cc1)c1ccccc1. The zero-order chi connectivity index (χ0) is 17.6. The average molecular weight is 349 g/mol. The Morgan fingerprint density at radius 2 is 1.62 bits per heavy atom. The first-order valence-electron chi connectivity index (χ1n) is 6.90. The number of phosphoric ester groups is 1. The van der Waals surface area contributed by atoms with Gasteiger partial charge in [0.05, 0.1) is 4.92 Å². The van der Waals surface area contributed by atoms with Gasteiger partial charge in [0.1, 0.15) is 5.76 Å². The van der Waals surface area contributed by atoms with E-state index in [1.807, 2.05) is 6.07 Å². The molecule has 0 spiro atoms. The predicted molar refractivity (Wildman–Crippen MR) is 90.1 cm³/mol. The van der Waals surface area contributed by atoms with Gasteiger partial charge in [-0.2, -0.15) is 0 Å². The van der Waals surface area contributed by atoms with Gasteiger partial charge in [0.25, 0.3) is 5.69 Å². The van der Waals surface area contributed by atoms with Crippen molar-refractivity contribution in [1.82, 2.24) is 0 Å². The number of phosphoric acid groups is 1. The molecule has 0 heterocycles. The van der Waals surface area contributed by atoms with Gasteiger partial charge in [-0.1, -0.05) is 30.3 Å². The zero-order valence-corrected chi connectivity index (χ0v) is 14.0. The summed E-state index contributed by atoms with van der Waals surface area (Å²) in [6.45, 7) is 0. The van der Waals surface area contributed by atoms with Crippen LogP contribution in [0.1, 0.15) is 11.1 Å². The van der Waals surface area contributed by atoms with Gasteiger partial charge in [0, 0.05) is 31.9 Å². The molecular formula is C16H16NO6P. The smallest absolute Gasteiger partial charge is 0.403 e. The highest BCUT2D eigenvalue weighted by Crippen LogP contribution is 2.51. The van der Waals surface area contributed by atoms with Crippen LogP contribution in [0.25, 0.3) is 11.8 Å². The lowest BCUT2D eigenvalue weighted by atomic mass is 10.1. The van der Waals surface area contributed by atoms with E-state index in [0.29, 0.717) is 11.1 Å². The fourth-order valence-electron chi connectivity index (χ4n) is 1.88. The minimum Gasteiger partial charge on any atom is -0.403 e. The summed E-state index contributed by atoms with van der Waals surface area (Å²) in [5.74, 6) is 0.261. The quantitative estimate of drug-likeness (QED) is 0.240. The number of hydrogen-bond donors (Lipinski definition) is 0. The standard InChI is InChI=1S/C16H16NO6P/c1-21-24(20,22-2)23-16(14-6-4-3-5-7-14)12-13-8-10-15(11-9-13)17(18)19/h3-12H,1-2H3. The van der Waals surface area contributed by atoms with Gasteiger partial charge in [-0.3, -0.25) is 19.2 Å². The third-order valence-corrected chi connectivity index (χ3v) is 4.43. The van der Waals surface area contributed by atoms with Crippen LogP contribution in [0.3, 0.4) is 0 Å². The second-order valence-corrected chi connectivity index (χ2v) is 6.43. The van der Waals surface area contributed by atoms with Gasteiger partial charge in [-0.05, 0) is 23.8 Å². The number of nitro groups is 1. The van der Waals surface area contributed by atoms with E-state index in [9.17, 15) is 14.7 Å². The molecule has 8 heteroatoms. The summed E-state index contributed by atoms with van der Waals surface area (Å²) in [4.78, 5) is 10.2. The van der Waals surface area contributed by atoms with Crippen LogP contribution in [0.15, 0.2) is 54.6 Å². The zero-order valence-electron chi connectivity index (χ0n) is 13.1. The molecule has 0 aliphatic carbocycles. The molecule has 0 saturated carbocycles. The topological polar surface area (TPSA) is 87.9 Å². The first kappa shape index (κ1) is 17.9. The van der Waals surface area contributed by atoms with Gasteiger partial charge in [0.2, 0.25) is 0 Å². The van der Waals surface area contributed by atoms with Crippen molar-refractivity contribution >= 4 is 25.3 Å². The molecule has 0 saturated heterocycles. The van der Waals surface area contributed by atoms with Crippen molar-refractivity contribution in [2.45, 2.75) is 0 Å². The summed E-state index contributed by atoms with van der Waals surface area (Å²) in [7, 11) is -1.30. The molecule has 0 atom stereocenters. The van der Waals surface area contributed by atoms with E-state index in [4.69, 9.17) is 13.6 Å². The van der Waals surface area contributed by atoms with E-state index in [0.717, 1.165) is 0 Å². The van der Waals surface area contributed by atoms with Crippen LogP contribution < -0.4 is 0 Å². The molecule has 2 rings (SSSR count). The van der Waals surface area contributed by atoms with E-state index < -0.39 is 12.7 Å². The third-order valence-electron chi connectivity index (χ3n) is 3.12. The van der Waals surface area contributed by atoms with Gasteiger partial charge in [-0.15, -0.1) is 0 Å². The van der Waals surface area contributed by atoms with Crippen LogP contribution >= 0.6 is 7.82 Å². The van der Waals surface area contributed by atoms with Crippen molar-refractivity contribution in [2.24, 2.45) is 0 Å². The molecule has 0 aliphatic rings. The maximum absolute atomic E-state index is 12.3. The fraction of sp³-hybridized carbons (Fsp3) is 0.125. The van der Waals surface area contributed by atoms with E-state index in [1.54, 1.807) is 42.5 Å². The Morgan fingerprint density at radius 3 is 2.12 bits per heavy atom. The van der Waals surface area contributed by atoms with Gasteiger partial charge in [0.15, 0.2) is 0 Å². The van der Waals surface area contributed by atoms with E-state index in [1.165, 1.54) is 26.4 Å². The van der Waals surface area contributed by atoms with Gasteiger partial charge >= 0.3 is 7.82 Å². The average Bonchev–Trinajstić information content (AvgIpc) is 2.62. The lowest BCUT2D eigenvalue weighted by molar-refractivity contribution is -0.384. The van der Waals surface area contributed by atoms with Crippen LogP contribution in [-0.4, -0.2) is 19.1 Å². The maximum atomic E-state index is 12.3. The van der Waals surface area contributed by atoms with Crippen molar-refractivity contribution in [3.8, 4) is 0 Å². The largest absolute Gasteiger partial charge is 0.529 e. The maximum Gasteiger partial charge on any atom is 0.529 e. The number of nitrogens with zero attached hydrogens (tertiary/aromatic N) is 1. The van der Waals surface area contributed by atoms with Crippen molar-refractivity contribution in [2.75, 3.05) is 14.2 Å². The molecule has 2 aromatic rings. The van der Waals surface area contributed by atoms with Crippen LogP contribution in [0.2, 0.25) is 0 Å². The number of rotatable bonds is 7. The summed E-state index contributed by atoms with van der Waals surface area (Å²) in [6, 6.07) is 14.9. The minimum atomic E-state index is -3.74. The van der Waals surface area contributed by atoms with Crippen molar-refractivity contribution < 1.29 is 23.1 Å². The lowest BCUT2D eigenvalue weighted by Crippen LogP contribution is -1.96. The number of non-ortho nitro benzene ring substituents is 1. The Hall–Kier alpha value is -2.47. The summed E-state index contributed by atoms with van der Waals surface area (Å²) in [5, 5.41) is 10.7. The Labute approximate surface area is 139 Å². The molecule has 0 N–H and O–H groups in total.